The first kappa shape index (κ1) is 10.4. The van der Waals surface area contributed by atoms with Gasteiger partial charge in [-0.05, 0) is 37.8 Å². The molecule has 2 heteroatoms. The second kappa shape index (κ2) is 4.63. The Kier molecular flexibility index (Phi) is 3.45. The topological polar surface area (TPSA) is 6.48 Å². The molecule has 1 heterocycles. The third-order valence-corrected chi connectivity index (χ3v) is 4.19. The lowest BCUT2D eigenvalue weighted by Gasteiger charge is -2.28. The molecule has 2 rings (SSSR count). The van der Waals surface area contributed by atoms with Crippen LogP contribution in [-0.2, 0) is 0 Å². The summed E-state index contributed by atoms with van der Waals surface area (Å²) >= 11 is 0. The first-order valence-electron chi connectivity index (χ1n) is 6.28. The van der Waals surface area contributed by atoms with Crippen LogP contribution >= 0.6 is 0 Å². The average Bonchev–Trinajstić information content (AvgIpc) is 2.46. The smallest absolute Gasteiger partial charge is 0.0110 e. The fraction of sp³-hybridized carbons (Fsp3) is 1.00. The molecule has 2 fully saturated rings. The molecule has 0 aromatic heterocycles. The summed E-state index contributed by atoms with van der Waals surface area (Å²) in [6.45, 7) is 12.3. The first-order chi connectivity index (χ1) is 6.83. The van der Waals surface area contributed by atoms with Crippen molar-refractivity contribution < 1.29 is 0 Å². The maximum Gasteiger partial charge on any atom is 0.0110 e. The Bertz CT molecular complexity index is 165. The van der Waals surface area contributed by atoms with Crippen LogP contribution in [0.25, 0.3) is 0 Å². The lowest BCUT2D eigenvalue weighted by atomic mass is 9.77. The summed E-state index contributed by atoms with van der Waals surface area (Å²) in [6.07, 6.45) is 3.01. The number of likely N-dealkylation sites (N-methyl/N-ethyl adjacent to an activating group) is 1. The zero-order valence-corrected chi connectivity index (χ0v) is 9.71. The van der Waals surface area contributed by atoms with Gasteiger partial charge in [0.25, 0.3) is 0 Å². The van der Waals surface area contributed by atoms with Gasteiger partial charge in [0.2, 0.25) is 0 Å². The van der Waals surface area contributed by atoms with Gasteiger partial charge in [0.15, 0.2) is 0 Å². The number of rotatable bonds is 5. The van der Waals surface area contributed by atoms with Crippen LogP contribution in [0.5, 0.6) is 0 Å². The molecule has 2 aliphatic rings. The van der Waals surface area contributed by atoms with Crippen molar-refractivity contribution in [3.63, 3.8) is 0 Å². The Labute approximate surface area is 88.3 Å². The standard InChI is InChI=1S/C12H24N2/c1-3-13(4-2)7-8-14-9-11-5-6-12(11)10-14/h11-12H,3-10H2,1-2H3. The van der Waals surface area contributed by atoms with E-state index in [0.717, 1.165) is 11.8 Å². The largest absolute Gasteiger partial charge is 0.303 e. The van der Waals surface area contributed by atoms with E-state index in [1.54, 1.807) is 0 Å². The number of hydrogen-bond acceptors (Lipinski definition) is 2. The Morgan fingerprint density at radius 2 is 1.64 bits per heavy atom. The van der Waals surface area contributed by atoms with E-state index >= 15 is 0 Å². The highest BCUT2D eigenvalue weighted by Gasteiger charge is 2.38. The van der Waals surface area contributed by atoms with Crippen molar-refractivity contribution >= 4 is 0 Å². The second-order valence-corrected chi connectivity index (χ2v) is 4.88. The molecule has 2 atom stereocenters. The highest BCUT2D eigenvalue weighted by Crippen LogP contribution is 2.40. The number of hydrogen-bond donors (Lipinski definition) is 0. The van der Waals surface area contributed by atoms with Crippen molar-refractivity contribution in [1.82, 2.24) is 9.80 Å². The molecule has 2 nitrogen and oxygen atoms in total. The molecule has 82 valence electrons. The van der Waals surface area contributed by atoms with E-state index in [0.29, 0.717) is 0 Å². The van der Waals surface area contributed by atoms with Crippen LogP contribution in [-0.4, -0.2) is 49.1 Å². The zero-order chi connectivity index (χ0) is 9.97. The van der Waals surface area contributed by atoms with Gasteiger partial charge in [-0.1, -0.05) is 13.8 Å². The third kappa shape index (κ3) is 2.12. The SMILES string of the molecule is CCN(CC)CCN1CC2CCC2C1. The first-order valence-corrected chi connectivity index (χ1v) is 6.28. The van der Waals surface area contributed by atoms with Gasteiger partial charge < -0.3 is 9.80 Å². The van der Waals surface area contributed by atoms with Gasteiger partial charge in [-0.3, -0.25) is 0 Å². The summed E-state index contributed by atoms with van der Waals surface area (Å²) in [5.41, 5.74) is 0. The maximum absolute atomic E-state index is 2.68. The van der Waals surface area contributed by atoms with E-state index in [4.69, 9.17) is 0 Å². The summed E-state index contributed by atoms with van der Waals surface area (Å²) in [4.78, 5) is 5.21. The van der Waals surface area contributed by atoms with Gasteiger partial charge in [0.1, 0.15) is 0 Å². The van der Waals surface area contributed by atoms with Gasteiger partial charge in [0, 0.05) is 26.2 Å². The molecule has 1 aliphatic heterocycles. The molecule has 1 saturated heterocycles. The predicted octanol–water partition coefficient (Wildman–Crippen LogP) is 1.67. The van der Waals surface area contributed by atoms with Crippen LogP contribution in [0.2, 0.25) is 0 Å². The molecule has 1 saturated carbocycles. The van der Waals surface area contributed by atoms with Crippen LogP contribution in [0.3, 0.4) is 0 Å². The normalized spacial score (nSPS) is 31.9. The summed E-state index contributed by atoms with van der Waals surface area (Å²) < 4.78 is 0. The van der Waals surface area contributed by atoms with Gasteiger partial charge in [-0.25, -0.2) is 0 Å². The van der Waals surface area contributed by atoms with Gasteiger partial charge in [-0.15, -0.1) is 0 Å². The summed E-state index contributed by atoms with van der Waals surface area (Å²) in [6, 6.07) is 0. The minimum absolute atomic E-state index is 1.08. The molecular formula is C12H24N2. The summed E-state index contributed by atoms with van der Waals surface area (Å²) in [5.74, 6) is 2.15. The Morgan fingerprint density at radius 3 is 2.07 bits per heavy atom. The number of likely N-dealkylation sites (tertiary alicyclic amines) is 1. The van der Waals surface area contributed by atoms with E-state index in [-0.39, 0.29) is 0 Å². The third-order valence-electron chi connectivity index (χ3n) is 4.19. The van der Waals surface area contributed by atoms with E-state index in [2.05, 4.69) is 23.6 Å². The van der Waals surface area contributed by atoms with E-state index in [1.807, 2.05) is 0 Å². The number of fused-ring (bicyclic) bond motifs is 1. The van der Waals surface area contributed by atoms with E-state index in [1.165, 1.54) is 52.1 Å². The monoisotopic (exact) mass is 196 g/mol. The minimum Gasteiger partial charge on any atom is -0.303 e. The molecular weight excluding hydrogens is 172 g/mol. The lowest BCUT2D eigenvalue weighted by Crippen LogP contribution is -2.33. The Balaban J connectivity index is 1.66. The summed E-state index contributed by atoms with van der Waals surface area (Å²) in [5, 5.41) is 0. The van der Waals surface area contributed by atoms with Gasteiger partial charge >= 0.3 is 0 Å². The molecule has 0 radical (unpaired) electrons. The van der Waals surface area contributed by atoms with Crippen molar-refractivity contribution in [3.8, 4) is 0 Å². The summed E-state index contributed by atoms with van der Waals surface area (Å²) in [7, 11) is 0. The van der Waals surface area contributed by atoms with Crippen molar-refractivity contribution in [2.45, 2.75) is 26.7 Å². The quantitative estimate of drug-likeness (QED) is 0.660. The van der Waals surface area contributed by atoms with Crippen LogP contribution in [0, 0.1) is 11.8 Å². The van der Waals surface area contributed by atoms with Crippen LogP contribution < -0.4 is 0 Å². The van der Waals surface area contributed by atoms with Crippen molar-refractivity contribution in [3.05, 3.63) is 0 Å². The predicted molar refractivity (Wildman–Crippen MR) is 60.4 cm³/mol. The minimum atomic E-state index is 1.08. The molecule has 1 aliphatic carbocycles. The number of nitrogens with zero attached hydrogens (tertiary/aromatic N) is 2. The van der Waals surface area contributed by atoms with E-state index in [9.17, 15) is 0 Å². The van der Waals surface area contributed by atoms with Crippen LogP contribution in [0.15, 0.2) is 0 Å². The van der Waals surface area contributed by atoms with Crippen molar-refractivity contribution in [2.24, 2.45) is 11.8 Å². The molecule has 14 heavy (non-hydrogen) atoms. The van der Waals surface area contributed by atoms with Crippen LogP contribution in [0.4, 0.5) is 0 Å². The average molecular weight is 196 g/mol. The van der Waals surface area contributed by atoms with Crippen LogP contribution in [0.1, 0.15) is 26.7 Å². The molecule has 0 amide bonds. The highest BCUT2D eigenvalue weighted by molar-refractivity contribution is 4.91. The zero-order valence-electron chi connectivity index (χ0n) is 9.71. The highest BCUT2D eigenvalue weighted by atomic mass is 15.2. The Morgan fingerprint density at radius 1 is 1.07 bits per heavy atom. The fourth-order valence-electron chi connectivity index (χ4n) is 2.86. The molecule has 2 unspecified atom stereocenters. The molecule has 0 spiro atoms. The van der Waals surface area contributed by atoms with E-state index < -0.39 is 0 Å². The van der Waals surface area contributed by atoms with Gasteiger partial charge in [-0.2, -0.15) is 0 Å². The molecule has 0 aromatic rings. The lowest BCUT2D eigenvalue weighted by molar-refractivity contribution is 0.237. The van der Waals surface area contributed by atoms with Crippen molar-refractivity contribution in [2.75, 3.05) is 39.3 Å². The second-order valence-electron chi connectivity index (χ2n) is 4.88. The van der Waals surface area contributed by atoms with Crippen molar-refractivity contribution in [1.29, 1.82) is 0 Å². The fourth-order valence-corrected chi connectivity index (χ4v) is 2.86. The molecule has 0 N–H and O–H groups in total. The molecule has 0 bridgehead atoms. The maximum atomic E-state index is 2.68. The molecule has 0 aromatic carbocycles. The van der Waals surface area contributed by atoms with Gasteiger partial charge in [0.05, 0.1) is 0 Å². The Hall–Kier alpha value is -0.0800.